The van der Waals surface area contributed by atoms with Crippen LogP contribution in [0.5, 0.6) is 0 Å². The van der Waals surface area contributed by atoms with E-state index in [0.29, 0.717) is 18.7 Å². The third-order valence-electron chi connectivity index (χ3n) is 4.95. The number of rotatable bonds is 11. The summed E-state index contributed by atoms with van der Waals surface area (Å²) in [5.74, 6) is 0.610. The van der Waals surface area contributed by atoms with Gasteiger partial charge in [0.05, 0.1) is 11.5 Å². The average Bonchev–Trinajstić information content (AvgIpc) is 2.68. The van der Waals surface area contributed by atoms with Crippen LogP contribution in [0.3, 0.4) is 0 Å². The molecule has 1 aromatic carbocycles. The van der Waals surface area contributed by atoms with E-state index in [1.807, 2.05) is 0 Å². The summed E-state index contributed by atoms with van der Waals surface area (Å²) < 4.78 is 31.5. The Balaban J connectivity index is 1.71. The summed E-state index contributed by atoms with van der Waals surface area (Å²) in [4.78, 5) is 14.9. The molecule has 1 aliphatic heterocycles. The van der Waals surface area contributed by atoms with Crippen molar-refractivity contribution in [2.45, 2.75) is 37.5 Å². The van der Waals surface area contributed by atoms with Crippen molar-refractivity contribution in [2.24, 2.45) is 5.92 Å². The fourth-order valence-corrected chi connectivity index (χ4v) is 4.41. The van der Waals surface area contributed by atoms with Gasteiger partial charge in [0, 0.05) is 32.3 Å². The van der Waals surface area contributed by atoms with E-state index in [0.717, 1.165) is 25.3 Å². The van der Waals surface area contributed by atoms with E-state index < -0.39 is 10.0 Å². The molecule has 2 N–H and O–H groups in total. The summed E-state index contributed by atoms with van der Waals surface area (Å²) >= 11 is 0. The van der Waals surface area contributed by atoms with Gasteiger partial charge in [-0.15, -0.1) is 0 Å². The van der Waals surface area contributed by atoms with Crippen molar-refractivity contribution in [1.29, 1.82) is 0 Å². The molecular formula is C20H33N3O4S. The van der Waals surface area contributed by atoms with E-state index in [2.05, 4.69) is 21.9 Å². The number of carbonyl (C=O) groups is 1. The van der Waals surface area contributed by atoms with Crippen LogP contribution in [0.4, 0.5) is 0 Å². The van der Waals surface area contributed by atoms with Gasteiger partial charge >= 0.3 is 0 Å². The standard InChI is InChI=1S/C20H33N3O4S/c1-17-6-5-14-23(16-17)13-4-3-11-21-20(24)18-7-9-19(10-8-18)28(25,26)22-12-15-27-2/h7-10,17,22H,3-6,11-16H2,1-2H3,(H,21,24). The molecule has 1 saturated heterocycles. The van der Waals surface area contributed by atoms with Gasteiger partial charge in [-0.05, 0) is 69.0 Å². The highest BCUT2D eigenvalue weighted by molar-refractivity contribution is 7.89. The quantitative estimate of drug-likeness (QED) is 0.543. The smallest absolute Gasteiger partial charge is 0.251 e. The van der Waals surface area contributed by atoms with Gasteiger partial charge in [-0.25, -0.2) is 13.1 Å². The number of unbranched alkanes of at least 4 members (excludes halogenated alkanes) is 1. The van der Waals surface area contributed by atoms with Crippen LogP contribution >= 0.6 is 0 Å². The molecule has 0 spiro atoms. The first-order chi connectivity index (χ1) is 13.4. The zero-order valence-corrected chi connectivity index (χ0v) is 17.8. The molecule has 7 nitrogen and oxygen atoms in total. The minimum atomic E-state index is -3.58. The molecule has 1 atom stereocenters. The molecule has 0 aliphatic carbocycles. The van der Waals surface area contributed by atoms with Crippen molar-refractivity contribution in [3.8, 4) is 0 Å². The van der Waals surface area contributed by atoms with Crippen LogP contribution in [0, 0.1) is 5.92 Å². The number of likely N-dealkylation sites (tertiary alicyclic amines) is 1. The van der Waals surface area contributed by atoms with Crippen LogP contribution in [0.15, 0.2) is 29.2 Å². The molecule has 1 unspecified atom stereocenters. The van der Waals surface area contributed by atoms with Crippen molar-refractivity contribution >= 4 is 15.9 Å². The number of carbonyl (C=O) groups excluding carboxylic acids is 1. The number of piperidine rings is 1. The Kier molecular flexibility index (Phi) is 9.37. The fraction of sp³-hybridized carbons (Fsp3) is 0.650. The summed E-state index contributed by atoms with van der Waals surface area (Å²) in [6.45, 7) is 6.89. The molecule has 0 bridgehead atoms. The maximum Gasteiger partial charge on any atom is 0.251 e. The van der Waals surface area contributed by atoms with Gasteiger partial charge in [-0.2, -0.15) is 0 Å². The Morgan fingerprint density at radius 1 is 1.21 bits per heavy atom. The minimum Gasteiger partial charge on any atom is -0.383 e. The Morgan fingerprint density at radius 3 is 2.64 bits per heavy atom. The molecule has 158 valence electrons. The highest BCUT2D eigenvalue weighted by Crippen LogP contribution is 2.15. The SMILES string of the molecule is COCCNS(=O)(=O)c1ccc(C(=O)NCCCCN2CCCC(C)C2)cc1. The van der Waals surface area contributed by atoms with Crippen molar-refractivity contribution in [2.75, 3.05) is 46.4 Å². The van der Waals surface area contributed by atoms with E-state index >= 15 is 0 Å². The number of nitrogens with zero attached hydrogens (tertiary/aromatic N) is 1. The number of methoxy groups -OCH3 is 1. The summed E-state index contributed by atoms with van der Waals surface area (Å²) in [5, 5.41) is 2.91. The van der Waals surface area contributed by atoms with Crippen LogP contribution in [-0.2, 0) is 14.8 Å². The van der Waals surface area contributed by atoms with Crippen LogP contribution in [0.1, 0.15) is 43.0 Å². The molecule has 28 heavy (non-hydrogen) atoms. The number of sulfonamides is 1. The zero-order valence-electron chi connectivity index (χ0n) is 16.9. The van der Waals surface area contributed by atoms with Gasteiger partial charge < -0.3 is 15.0 Å². The third kappa shape index (κ3) is 7.50. The minimum absolute atomic E-state index is 0.135. The number of hydrogen-bond donors (Lipinski definition) is 2. The molecule has 1 aromatic rings. The molecule has 0 radical (unpaired) electrons. The Labute approximate surface area is 168 Å². The molecule has 1 aliphatic rings. The molecule has 0 aromatic heterocycles. The molecule has 0 saturated carbocycles. The molecular weight excluding hydrogens is 378 g/mol. The highest BCUT2D eigenvalue weighted by atomic mass is 32.2. The first-order valence-corrected chi connectivity index (χ1v) is 11.5. The lowest BCUT2D eigenvalue weighted by atomic mass is 10.0. The third-order valence-corrected chi connectivity index (χ3v) is 6.43. The average molecular weight is 412 g/mol. The highest BCUT2D eigenvalue weighted by Gasteiger charge is 2.16. The number of amides is 1. The van der Waals surface area contributed by atoms with E-state index in [9.17, 15) is 13.2 Å². The van der Waals surface area contributed by atoms with Crippen LogP contribution in [0.25, 0.3) is 0 Å². The van der Waals surface area contributed by atoms with E-state index in [1.165, 1.54) is 57.3 Å². The molecule has 1 fully saturated rings. The second kappa shape index (κ2) is 11.5. The maximum absolute atomic E-state index is 12.2. The van der Waals surface area contributed by atoms with Gasteiger partial charge in [-0.3, -0.25) is 4.79 Å². The van der Waals surface area contributed by atoms with Gasteiger partial charge in [0.1, 0.15) is 0 Å². The lowest BCUT2D eigenvalue weighted by Gasteiger charge is -2.30. The number of benzene rings is 1. The topological polar surface area (TPSA) is 87.7 Å². The van der Waals surface area contributed by atoms with Crippen LogP contribution in [0.2, 0.25) is 0 Å². The van der Waals surface area contributed by atoms with Gasteiger partial charge in [0.2, 0.25) is 10.0 Å². The Hall–Kier alpha value is -1.48. The monoisotopic (exact) mass is 411 g/mol. The number of nitrogens with one attached hydrogen (secondary N) is 2. The molecule has 8 heteroatoms. The predicted octanol–water partition coefficient (Wildman–Crippen LogP) is 1.85. The van der Waals surface area contributed by atoms with Crippen molar-refractivity contribution in [3.63, 3.8) is 0 Å². The Morgan fingerprint density at radius 2 is 1.96 bits per heavy atom. The lowest BCUT2D eigenvalue weighted by Crippen LogP contribution is -2.35. The van der Waals surface area contributed by atoms with Gasteiger partial charge in [-0.1, -0.05) is 6.92 Å². The second-order valence-electron chi connectivity index (χ2n) is 7.43. The zero-order chi connectivity index (χ0) is 20.4. The van der Waals surface area contributed by atoms with E-state index in [1.54, 1.807) is 0 Å². The van der Waals surface area contributed by atoms with Crippen LogP contribution < -0.4 is 10.0 Å². The first-order valence-electron chi connectivity index (χ1n) is 10.0. The van der Waals surface area contributed by atoms with E-state index in [4.69, 9.17) is 4.74 Å². The second-order valence-corrected chi connectivity index (χ2v) is 9.19. The van der Waals surface area contributed by atoms with Crippen molar-refractivity contribution < 1.29 is 17.9 Å². The predicted molar refractivity (Wildman–Crippen MR) is 110 cm³/mol. The molecule has 1 heterocycles. The largest absolute Gasteiger partial charge is 0.383 e. The lowest BCUT2D eigenvalue weighted by molar-refractivity contribution is 0.0952. The molecule has 1 amide bonds. The van der Waals surface area contributed by atoms with Gasteiger partial charge in [0.15, 0.2) is 0 Å². The van der Waals surface area contributed by atoms with Crippen molar-refractivity contribution in [1.82, 2.24) is 14.9 Å². The first kappa shape index (κ1) is 22.8. The van der Waals surface area contributed by atoms with E-state index in [-0.39, 0.29) is 17.3 Å². The number of hydrogen-bond acceptors (Lipinski definition) is 5. The maximum atomic E-state index is 12.2. The summed E-state index contributed by atoms with van der Waals surface area (Å²) in [5.41, 5.74) is 0.459. The van der Waals surface area contributed by atoms with Crippen LogP contribution in [-0.4, -0.2) is 65.7 Å². The van der Waals surface area contributed by atoms with Gasteiger partial charge in [0.25, 0.3) is 5.91 Å². The summed E-state index contributed by atoms with van der Waals surface area (Å²) in [6, 6.07) is 5.97. The summed E-state index contributed by atoms with van der Waals surface area (Å²) in [7, 11) is -2.07. The number of ether oxygens (including phenoxy) is 1. The Bertz CT molecular complexity index is 707. The molecule has 2 rings (SSSR count). The normalized spacial score (nSPS) is 18.1. The fourth-order valence-electron chi connectivity index (χ4n) is 3.40. The van der Waals surface area contributed by atoms with Crippen molar-refractivity contribution in [3.05, 3.63) is 29.8 Å². The summed E-state index contributed by atoms with van der Waals surface area (Å²) in [6.07, 6.45) is 4.62.